The van der Waals surface area contributed by atoms with Gasteiger partial charge in [-0.05, 0) is 54.3 Å². The number of ether oxygens (including phenoxy) is 2. The zero-order valence-corrected chi connectivity index (χ0v) is 22.4. The van der Waals surface area contributed by atoms with Gasteiger partial charge in [-0.1, -0.05) is 6.07 Å². The third-order valence-corrected chi connectivity index (χ3v) is 7.60. The number of hydrogen-bond acceptors (Lipinski definition) is 8. The molecular weight excluding hydrogens is 550 g/mol. The van der Waals surface area contributed by atoms with E-state index in [1.807, 2.05) is 25.1 Å². The number of β-amino-alcohol motifs (C(OH)–C–C–N with tert-alkyl or cyclic N) is 1. The number of nitriles is 1. The molecule has 2 N–H and O–H groups in total. The summed E-state index contributed by atoms with van der Waals surface area (Å²) in [5.41, 5.74) is 4.73. The van der Waals surface area contributed by atoms with Crippen molar-refractivity contribution in [1.29, 1.82) is 5.26 Å². The summed E-state index contributed by atoms with van der Waals surface area (Å²) in [4.78, 5) is 25.3. The summed E-state index contributed by atoms with van der Waals surface area (Å²) in [6, 6.07) is 8.94. The lowest BCUT2D eigenvalue weighted by Crippen LogP contribution is -2.58. The molecule has 0 aliphatic carbocycles. The molecule has 2 saturated heterocycles. The van der Waals surface area contributed by atoms with Crippen molar-refractivity contribution in [1.82, 2.24) is 9.80 Å². The fourth-order valence-corrected chi connectivity index (χ4v) is 5.39. The van der Waals surface area contributed by atoms with Gasteiger partial charge in [0, 0.05) is 44.3 Å². The highest BCUT2D eigenvalue weighted by atomic mass is 19.4. The molecule has 3 aliphatic rings. The molecule has 41 heavy (non-hydrogen) atoms. The predicted octanol–water partition coefficient (Wildman–Crippen LogP) is 3.41. The molecule has 0 spiro atoms. The normalized spacial score (nSPS) is 21.6. The number of carbonyl (C=O) groups excluding carboxylic acids is 1. The number of halogens is 4. The molecule has 220 valence electrons. The number of carboxylic acid groups (broad SMARTS) is 1. The maximum atomic E-state index is 13.9. The molecule has 2 aromatic rings. The van der Waals surface area contributed by atoms with E-state index in [0.29, 0.717) is 30.8 Å². The summed E-state index contributed by atoms with van der Waals surface area (Å²) in [6.45, 7) is 8.11. The Labute approximate surface area is 233 Å². The van der Waals surface area contributed by atoms with E-state index in [4.69, 9.17) is 19.4 Å². The number of alkyl halides is 3. The standard InChI is InChI=1S/C26H28FN3O4.C2HF3O2/c1-15-7-21-17(13-34-26(21)32)8-20(15)24(31)11-29-5-6-30-12-25(33-14-18(30)10-29)19-3-4-23(27)22(9-28)16(19)2;3-2(4,5)1(6)7/h3-4,7-8,18,24-25,31H,5-6,10-14H2,1-2H3;(H,6,7)/t18-,24?,25+;/m0./s1. The minimum Gasteiger partial charge on any atom is -0.475 e. The molecule has 0 bridgehead atoms. The molecule has 1 unspecified atom stereocenters. The van der Waals surface area contributed by atoms with Crippen LogP contribution in [0.3, 0.4) is 0 Å². The van der Waals surface area contributed by atoms with Gasteiger partial charge in [0.25, 0.3) is 0 Å². The van der Waals surface area contributed by atoms with Crippen LogP contribution in [0.15, 0.2) is 24.3 Å². The first kappa shape index (κ1) is 30.4. The number of cyclic esters (lactones) is 1. The Bertz CT molecular complexity index is 1380. The van der Waals surface area contributed by atoms with Gasteiger partial charge in [0.2, 0.25) is 0 Å². The number of aryl methyl sites for hydroxylation is 1. The van der Waals surface area contributed by atoms with Crippen molar-refractivity contribution < 1.29 is 46.8 Å². The number of benzene rings is 2. The van der Waals surface area contributed by atoms with Crippen LogP contribution in [0.1, 0.15) is 55.9 Å². The summed E-state index contributed by atoms with van der Waals surface area (Å²) < 4.78 is 56.9. The number of carboxylic acids is 1. The maximum absolute atomic E-state index is 13.9. The first-order valence-corrected chi connectivity index (χ1v) is 12.9. The molecule has 0 aromatic heterocycles. The highest BCUT2D eigenvalue weighted by Gasteiger charge is 2.38. The quantitative estimate of drug-likeness (QED) is 0.414. The molecule has 0 saturated carbocycles. The molecule has 3 heterocycles. The smallest absolute Gasteiger partial charge is 0.475 e. The predicted molar refractivity (Wildman–Crippen MR) is 135 cm³/mol. The van der Waals surface area contributed by atoms with Crippen LogP contribution in [-0.2, 0) is 20.9 Å². The summed E-state index contributed by atoms with van der Waals surface area (Å²) in [5.74, 6) is -3.56. The van der Waals surface area contributed by atoms with Gasteiger partial charge in [-0.3, -0.25) is 9.80 Å². The number of aliphatic hydroxyl groups excluding tert-OH is 1. The highest BCUT2D eigenvalue weighted by Crippen LogP contribution is 2.32. The van der Waals surface area contributed by atoms with Gasteiger partial charge in [0.15, 0.2) is 0 Å². The van der Waals surface area contributed by atoms with Crippen molar-refractivity contribution in [3.05, 3.63) is 69.0 Å². The van der Waals surface area contributed by atoms with Crippen LogP contribution in [0.5, 0.6) is 0 Å². The number of morpholine rings is 1. The number of hydrogen-bond donors (Lipinski definition) is 2. The first-order valence-electron chi connectivity index (χ1n) is 12.9. The zero-order chi connectivity index (χ0) is 30.1. The van der Waals surface area contributed by atoms with E-state index < -0.39 is 24.1 Å². The lowest BCUT2D eigenvalue weighted by molar-refractivity contribution is -0.192. The molecule has 2 aromatic carbocycles. The van der Waals surface area contributed by atoms with Crippen molar-refractivity contribution >= 4 is 11.9 Å². The van der Waals surface area contributed by atoms with Crippen molar-refractivity contribution in [2.75, 3.05) is 39.3 Å². The lowest BCUT2D eigenvalue weighted by atomic mass is 9.95. The summed E-state index contributed by atoms with van der Waals surface area (Å²) in [7, 11) is 0. The number of carbonyl (C=O) groups is 2. The van der Waals surface area contributed by atoms with Gasteiger partial charge in [0.1, 0.15) is 18.5 Å². The number of aliphatic hydroxyl groups is 1. The molecule has 2 fully saturated rings. The van der Waals surface area contributed by atoms with Gasteiger partial charge in [-0.2, -0.15) is 18.4 Å². The van der Waals surface area contributed by atoms with Crippen LogP contribution in [-0.4, -0.2) is 83.5 Å². The molecule has 3 atom stereocenters. The van der Waals surface area contributed by atoms with Gasteiger partial charge < -0.3 is 19.7 Å². The molecule has 0 radical (unpaired) electrons. The van der Waals surface area contributed by atoms with Gasteiger partial charge in [-0.25, -0.2) is 14.0 Å². The molecular formula is C28H29F4N3O6. The Morgan fingerprint density at radius 1 is 1.22 bits per heavy atom. The summed E-state index contributed by atoms with van der Waals surface area (Å²) >= 11 is 0. The van der Waals surface area contributed by atoms with E-state index in [1.54, 1.807) is 13.0 Å². The second kappa shape index (κ2) is 12.1. The van der Waals surface area contributed by atoms with Crippen LogP contribution in [0.25, 0.3) is 0 Å². The Hall–Kier alpha value is -3.57. The summed E-state index contributed by atoms with van der Waals surface area (Å²) in [5, 5.41) is 27.4. The van der Waals surface area contributed by atoms with Crippen molar-refractivity contribution in [3.8, 4) is 6.07 Å². The van der Waals surface area contributed by atoms with Gasteiger partial charge in [0.05, 0.1) is 29.9 Å². The number of fused-ring (bicyclic) bond motifs is 2. The Kier molecular flexibility index (Phi) is 8.98. The third-order valence-electron chi connectivity index (χ3n) is 7.60. The van der Waals surface area contributed by atoms with Crippen LogP contribution in [0.2, 0.25) is 0 Å². The monoisotopic (exact) mass is 579 g/mol. The first-order chi connectivity index (χ1) is 19.3. The number of piperazine rings is 1. The molecule has 9 nitrogen and oxygen atoms in total. The van der Waals surface area contributed by atoms with Crippen LogP contribution in [0, 0.1) is 31.0 Å². The average molecular weight is 580 g/mol. The Balaban J connectivity index is 0.000000493. The van der Waals surface area contributed by atoms with E-state index in [-0.39, 0.29) is 30.3 Å². The molecule has 3 aliphatic heterocycles. The Morgan fingerprint density at radius 2 is 1.93 bits per heavy atom. The highest BCUT2D eigenvalue weighted by molar-refractivity contribution is 5.93. The Morgan fingerprint density at radius 3 is 2.59 bits per heavy atom. The fourth-order valence-electron chi connectivity index (χ4n) is 5.39. The average Bonchev–Trinajstić information content (AvgIpc) is 3.27. The zero-order valence-electron chi connectivity index (χ0n) is 22.4. The number of nitrogens with zero attached hydrogens (tertiary/aromatic N) is 3. The number of esters is 1. The van der Waals surface area contributed by atoms with E-state index in [1.165, 1.54) is 6.07 Å². The van der Waals surface area contributed by atoms with E-state index in [2.05, 4.69) is 9.80 Å². The maximum Gasteiger partial charge on any atom is 0.490 e. The van der Waals surface area contributed by atoms with Crippen LogP contribution >= 0.6 is 0 Å². The van der Waals surface area contributed by atoms with Gasteiger partial charge in [-0.15, -0.1) is 0 Å². The number of rotatable bonds is 4. The second-order valence-electron chi connectivity index (χ2n) is 10.2. The third kappa shape index (κ3) is 6.68. The molecule has 0 amide bonds. The number of aliphatic carboxylic acids is 1. The van der Waals surface area contributed by atoms with Gasteiger partial charge >= 0.3 is 18.1 Å². The van der Waals surface area contributed by atoms with Crippen molar-refractivity contribution in [2.24, 2.45) is 0 Å². The minimum atomic E-state index is -5.08. The van der Waals surface area contributed by atoms with E-state index in [9.17, 15) is 32.7 Å². The van der Waals surface area contributed by atoms with Crippen molar-refractivity contribution in [2.45, 2.75) is 44.9 Å². The molecule has 13 heteroatoms. The minimum absolute atomic E-state index is 0.0832. The second-order valence-corrected chi connectivity index (χ2v) is 10.2. The molecule has 5 rings (SSSR count). The van der Waals surface area contributed by atoms with Crippen molar-refractivity contribution in [3.63, 3.8) is 0 Å². The lowest BCUT2D eigenvalue weighted by Gasteiger charge is -2.46. The topological polar surface area (TPSA) is 123 Å². The van der Waals surface area contributed by atoms with E-state index in [0.717, 1.165) is 41.9 Å². The van der Waals surface area contributed by atoms with Crippen LogP contribution < -0.4 is 0 Å². The van der Waals surface area contributed by atoms with E-state index >= 15 is 0 Å². The van der Waals surface area contributed by atoms with Crippen LogP contribution in [0.4, 0.5) is 17.6 Å². The fraction of sp³-hybridized carbons (Fsp3) is 0.464. The summed E-state index contributed by atoms with van der Waals surface area (Å²) in [6.07, 6.45) is -5.93. The largest absolute Gasteiger partial charge is 0.490 e. The SMILES string of the molecule is Cc1cc2c(cc1C(O)CN1CCN3C[C@H](c4ccc(F)c(C#N)c4C)OC[C@@H]3C1)COC2=O.O=C(O)C(F)(F)F.